The fraction of sp³-hybridized carbons (Fsp3) is 0.400. The van der Waals surface area contributed by atoms with Gasteiger partial charge in [-0.05, 0) is 30.9 Å². The minimum absolute atomic E-state index is 0.176. The maximum atomic E-state index is 12.1. The third-order valence-electron chi connectivity index (χ3n) is 4.34. The normalized spacial score (nSPS) is 14.4. The molecule has 142 valence electrons. The fourth-order valence-corrected chi connectivity index (χ4v) is 2.87. The molecule has 0 aliphatic carbocycles. The number of nitrogens with one attached hydrogen (secondary N) is 1. The van der Waals surface area contributed by atoms with Crippen LogP contribution in [0.2, 0.25) is 0 Å². The number of piperidine rings is 1. The highest BCUT2D eigenvalue weighted by molar-refractivity contribution is 5.91. The van der Waals surface area contributed by atoms with Crippen molar-refractivity contribution in [2.45, 2.75) is 25.8 Å². The van der Waals surface area contributed by atoms with Gasteiger partial charge in [0, 0.05) is 33.3 Å². The number of hydrogen-bond donors (Lipinski definition) is 1. The zero-order valence-corrected chi connectivity index (χ0v) is 15.9. The van der Waals surface area contributed by atoms with E-state index in [-0.39, 0.29) is 12.5 Å². The molecule has 1 fully saturated rings. The van der Waals surface area contributed by atoms with Gasteiger partial charge in [0.1, 0.15) is 0 Å². The summed E-state index contributed by atoms with van der Waals surface area (Å²) in [7, 11) is 3.81. The number of benzene rings is 1. The van der Waals surface area contributed by atoms with E-state index in [0.29, 0.717) is 17.7 Å². The second kappa shape index (κ2) is 9.12. The SMILES string of the molecule is CN(C)c1nc(CNC(=O)/C=C/c2ccccc2)nc(N2CCCCC2)n1. The van der Waals surface area contributed by atoms with E-state index in [0.717, 1.165) is 31.5 Å². The van der Waals surface area contributed by atoms with E-state index in [1.54, 1.807) is 6.08 Å². The molecule has 1 aromatic carbocycles. The van der Waals surface area contributed by atoms with Crippen molar-refractivity contribution in [3.05, 3.63) is 47.8 Å². The Bertz CT molecular complexity index is 784. The Kier molecular flexibility index (Phi) is 6.35. The Labute approximate surface area is 160 Å². The molecule has 1 N–H and O–H groups in total. The number of amides is 1. The maximum absolute atomic E-state index is 12.1. The predicted octanol–water partition coefficient (Wildman–Crippen LogP) is 2.26. The Hall–Kier alpha value is -2.96. The largest absolute Gasteiger partial charge is 0.347 e. The molecule has 0 radical (unpaired) electrons. The lowest BCUT2D eigenvalue weighted by molar-refractivity contribution is -0.116. The summed E-state index contributed by atoms with van der Waals surface area (Å²) in [4.78, 5) is 29.7. The van der Waals surface area contributed by atoms with Crippen LogP contribution in [-0.2, 0) is 11.3 Å². The van der Waals surface area contributed by atoms with Crippen molar-refractivity contribution in [3.8, 4) is 0 Å². The van der Waals surface area contributed by atoms with Gasteiger partial charge < -0.3 is 15.1 Å². The lowest BCUT2D eigenvalue weighted by Crippen LogP contribution is -2.32. The molecule has 7 nitrogen and oxygen atoms in total. The van der Waals surface area contributed by atoms with Crippen molar-refractivity contribution in [2.24, 2.45) is 0 Å². The van der Waals surface area contributed by atoms with Crippen molar-refractivity contribution in [1.82, 2.24) is 20.3 Å². The standard InChI is InChI=1S/C20H26N6O/c1-25(2)19-22-17(23-20(24-19)26-13-7-4-8-14-26)15-21-18(27)12-11-16-9-5-3-6-10-16/h3,5-6,9-12H,4,7-8,13-15H2,1-2H3,(H,21,27)/b12-11+. The first-order valence-electron chi connectivity index (χ1n) is 9.30. The van der Waals surface area contributed by atoms with Crippen LogP contribution in [0, 0.1) is 0 Å². The smallest absolute Gasteiger partial charge is 0.244 e. The number of anilines is 2. The van der Waals surface area contributed by atoms with E-state index in [4.69, 9.17) is 0 Å². The number of hydrogen-bond acceptors (Lipinski definition) is 6. The highest BCUT2D eigenvalue weighted by Gasteiger charge is 2.17. The third kappa shape index (κ3) is 5.51. The van der Waals surface area contributed by atoms with Gasteiger partial charge in [0.25, 0.3) is 0 Å². The summed E-state index contributed by atoms with van der Waals surface area (Å²) < 4.78 is 0. The molecule has 3 rings (SSSR count). The zero-order valence-electron chi connectivity index (χ0n) is 15.9. The van der Waals surface area contributed by atoms with Gasteiger partial charge in [0.2, 0.25) is 17.8 Å². The molecule has 1 aliphatic rings. The van der Waals surface area contributed by atoms with Crippen molar-refractivity contribution < 1.29 is 4.79 Å². The van der Waals surface area contributed by atoms with E-state index < -0.39 is 0 Å². The molecule has 0 unspecified atom stereocenters. The Morgan fingerprint density at radius 3 is 2.56 bits per heavy atom. The predicted molar refractivity (Wildman–Crippen MR) is 108 cm³/mol. The van der Waals surface area contributed by atoms with Crippen molar-refractivity contribution >= 4 is 23.9 Å². The number of aromatic nitrogens is 3. The molecule has 2 aromatic rings. The number of carbonyl (C=O) groups excluding carboxylic acids is 1. The molecule has 27 heavy (non-hydrogen) atoms. The summed E-state index contributed by atoms with van der Waals surface area (Å²) in [6.07, 6.45) is 6.86. The molecule has 1 aromatic heterocycles. The molecular weight excluding hydrogens is 340 g/mol. The molecule has 2 heterocycles. The maximum Gasteiger partial charge on any atom is 0.244 e. The summed E-state index contributed by atoms with van der Waals surface area (Å²) >= 11 is 0. The topological polar surface area (TPSA) is 74.2 Å². The molecule has 1 amide bonds. The van der Waals surface area contributed by atoms with Crippen LogP contribution in [0.1, 0.15) is 30.7 Å². The van der Waals surface area contributed by atoms with Gasteiger partial charge in [-0.25, -0.2) is 0 Å². The van der Waals surface area contributed by atoms with Gasteiger partial charge in [0.15, 0.2) is 5.82 Å². The Morgan fingerprint density at radius 1 is 1.11 bits per heavy atom. The van der Waals surface area contributed by atoms with Crippen LogP contribution in [0.3, 0.4) is 0 Å². The van der Waals surface area contributed by atoms with Crippen LogP contribution in [0.25, 0.3) is 6.08 Å². The molecule has 0 saturated carbocycles. The lowest BCUT2D eigenvalue weighted by atomic mass is 10.1. The summed E-state index contributed by atoms with van der Waals surface area (Å²) in [5, 5.41) is 2.85. The van der Waals surface area contributed by atoms with Gasteiger partial charge in [-0.3, -0.25) is 4.79 Å². The van der Waals surface area contributed by atoms with E-state index in [1.807, 2.05) is 49.3 Å². The Balaban J connectivity index is 1.67. The first kappa shape index (κ1) is 18.8. The first-order valence-corrected chi connectivity index (χ1v) is 9.30. The summed E-state index contributed by atoms with van der Waals surface area (Å²) in [5.74, 6) is 1.69. The van der Waals surface area contributed by atoms with Crippen LogP contribution >= 0.6 is 0 Å². The van der Waals surface area contributed by atoms with Crippen LogP contribution in [0.15, 0.2) is 36.4 Å². The van der Waals surface area contributed by atoms with Crippen molar-refractivity contribution in [1.29, 1.82) is 0 Å². The van der Waals surface area contributed by atoms with Crippen LogP contribution in [0.4, 0.5) is 11.9 Å². The van der Waals surface area contributed by atoms with Gasteiger partial charge in [-0.1, -0.05) is 30.3 Å². The summed E-state index contributed by atoms with van der Waals surface area (Å²) in [6, 6.07) is 9.72. The second-order valence-electron chi connectivity index (χ2n) is 6.76. The van der Waals surface area contributed by atoms with E-state index in [2.05, 4.69) is 25.2 Å². The zero-order chi connectivity index (χ0) is 19.1. The van der Waals surface area contributed by atoms with Gasteiger partial charge in [-0.15, -0.1) is 0 Å². The van der Waals surface area contributed by atoms with Crippen molar-refractivity contribution in [3.63, 3.8) is 0 Å². The average Bonchev–Trinajstić information content (AvgIpc) is 2.72. The number of carbonyl (C=O) groups is 1. The molecular formula is C20H26N6O. The van der Waals surface area contributed by atoms with Gasteiger partial charge >= 0.3 is 0 Å². The van der Waals surface area contributed by atoms with E-state index in [9.17, 15) is 4.79 Å². The van der Waals surface area contributed by atoms with Crippen molar-refractivity contribution in [2.75, 3.05) is 37.0 Å². The molecule has 1 saturated heterocycles. The number of rotatable bonds is 6. The highest BCUT2D eigenvalue weighted by atomic mass is 16.1. The summed E-state index contributed by atoms with van der Waals surface area (Å²) in [6.45, 7) is 2.19. The minimum atomic E-state index is -0.176. The van der Waals surface area contributed by atoms with Gasteiger partial charge in [-0.2, -0.15) is 15.0 Å². The first-order chi connectivity index (χ1) is 13.1. The molecule has 0 bridgehead atoms. The fourth-order valence-electron chi connectivity index (χ4n) is 2.87. The van der Waals surface area contributed by atoms with Crippen LogP contribution in [0.5, 0.6) is 0 Å². The van der Waals surface area contributed by atoms with Crippen LogP contribution in [-0.4, -0.2) is 48.0 Å². The molecule has 7 heteroatoms. The quantitative estimate of drug-likeness (QED) is 0.791. The molecule has 0 atom stereocenters. The second-order valence-corrected chi connectivity index (χ2v) is 6.76. The molecule has 1 aliphatic heterocycles. The van der Waals surface area contributed by atoms with Gasteiger partial charge in [0.05, 0.1) is 6.54 Å². The third-order valence-corrected chi connectivity index (χ3v) is 4.34. The minimum Gasteiger partial charge on any atom is -0.347 e. The van der Waals surface area contributed by atoms with Crippen LogP contribution < -0.4 is 15.1 Å². The number of nitrogens with zero attached hydrogens (tertiary/aromatic N) is 5. The van der Waals surface area contributed by atoms with E-state index >= 15 is 0 Å². The molecule has 0 spiro atoms. The average molecular weight is 366 g/mol. The van der Waals surface area contributed by atoms with E-state index in [1.165, 1.54) is 12.5 Å². The lowest BCUT2D eigenvalue weighted by Gasteiger charge is -2.27. The highest BCUT2D eigenvalue weighted by Crippen LogP contribution is 2.17. The monoisotopic (exact) mass is 366 g/mol. The summed E-state index contributed by atoms with van der Waals surface area (Å²) in [5.41, 5.74) is 0.982. The Morgan fingerprint density at radius 2 is 1.85 bits per heavy atom.